The number of ether oxygens (including phenoxy) is 1. The van der Waals surface area contributed by atoms with Crippen molar-refractivity contribution in [1.29, 1.82) is 0 Å². The molecule has 0 unspecified atom stereocenters. The quantitative estimate of drug-likeness (QED) is 0.409. The van der Waals surface area contributed by atoms with E-state index in [9.17, 15) is 14.4 Å². The second kappa shape index (κ2) is 10.1. The molecule has 2 aromatic carbocycles. The van der Waals surface area contributed by atoms with Crippen molar-refractivity contribution in [1.82, 2.24) is 9.99 Å². The van der Waals surface area contributed by atoms with Crippen LogP contribution in [0.15, 0.2) is 46.9 Å². The maximum Gasteiger partial charge on any atom is 0.328 e. The van der Waals surface area contributed by atoms with Crippen LogP contribution in [-0.4, -0.2) is 41.7 Å². The lowest BCUT2D eigenvalue weighted by Gasteiger charge is -2.14. The first-order valence-corrected chi connectivity index (χ1v) is 11.6. The molecule has 1 aliphatic heterocycles. The minimum absolute atomic E-state index is 0.0997. The van der Waals surface area contributed by atoms with Gasteiger partial charge in [-0.3, -0.25) is 19.8 Å². The standard InChI is InChI=1S/C22H19BrCl2N4O4/c23-13-3-4-18-12(6-13)7-19(20(30)27-16-9-14(24)8-15(25)10-16)29(18)28-22(32)21(31)26-11-17-2-1-5-33-17/h3-4,6-10,17H,1-2,5,11H2,(H,26,31)(H,27,30)(H,28,32)/t17-/m1/s1. The molecule has 0 saturated carbocycles. The fraction of sp³-hybridized carbons (Fsp3) is 0.227. The molecule has 1 aliphatic rings. The average molecular weight is 554 g/mol. The molecule has 8 nitrogen and oxygen atoms in total. The second-order valence-corrected chi connectivity index (χ2v) is 9.25. The van der Waals surface area contributed by atoms with Crippen molar-refractivity contribution in [3.8, 4) is 0 Å². The van der Waals surface area contributed by atoms with Gasteiger partial charge in [0.15, 0.2) is 0 Å². The zero-order valence-electron chi connectivity index (χ0n) is 17.2. The molecule has 0 aliphatic carbocycles. The lowest BCUT2D eigenvalue weighted by atomic mass is 10.2. The fourth-order valence-corrected chi connectivity index (χ4v) is 4.44. The molecule has 3 amide bonds. The monoisotopic (exact) mass is 552 g/mol. The van der Waals surface area contributed by atoms with E-state index in [-0.39, 0.29) is 18.3 Å². The van der Waals surface area contributed by atoms with Gasteiger partial charge >= 0.3 is 11.8 Å². The first-order chi connectivity index (χ1) is 15.8. The van der Waals surface area contributed by atoms with Crippen LogP contribution in [0.3, 0.4) is 0 Å². The van der Waals surface area contributed by atoms with Gasteiger partial charge in [-0.15, -0.1) is 0 Å². The van der Waals surface area contributed by atoms with E-state index in [0.717, 1.165) is 17.3 Å². The number of benzene rings is 2. The largest absolute Gasteiger partial charge is 0.376 e. The third-order valence-corrected chi connectivity index (χ3v) is 5.98. The molecule has 1 fully saturated rings. The summed E-state index contributed by atoms with van der Waals surface area (Å²) >= 11 is 15.4. The second-order valence-electron chi connectivity index (χ2n) is 7.47. The number of halogens is 3. The maximum absolute atomic E-state index is 13.1. The van der Waals surface area contributed by atoms with Crippen LogP contribution >= 0.6 is 39.1 Å². The molecule has 3 aromatic rings. The number of carbonyl (C=O) groups excluding carboxylic acids is 3. The summed E-state index contributed by atoms with van der Waals surface area (Å²) in [5.41, 5.74) is 3.55. The van der Waals surface area contributed by atoms with Crippen LogP contribution in [0.25, 0.3) is 10.9 Å². The van der Waals surface area contributed by atoms with Crippen LogP contribution in [0.2, 0.25) is 10.0 Å². The lowest BCUT2D eigenvalue weighted by Crippen LogP contribution is -2.42. The predicted molar refractivity (Wildman–Crippen MR) is 130 cm³/mol. The predicted octanol–water partition coefficient (Wildman–Crippen LogP) is 4.33. The van der Waals surface area contributed by atoms with Crippen molar-refractivity contribution < 1.29 is 19.1 Å². The van der Waals surface area contributed by atoms with Crippen LogP contribution in [0.4, 0.5) is 5.69 Å². The van der Waals surface area contributed by atoms with Crippen molar-refractivity contribution >= 4 is 73.4 Å². The topological polar surface area (TPSA) is 101 Å². The molecule has 2 heterocycles. The summed E-state index contributed by atoms with van der Waals surface area (Å²) in [4.78, 5) is 38.0. The Morgan fingerprint density at radius 2 is 1.82 bits per heavy atom. The van der Waals surface area contributed by atoms with Crippen molar-refractivity contribution in [3.63, 3.8) is 0 Å². The molecular weight excluding hydrogens is 535 g/mol. The zero-order valence-corrected chi connectivity index (χ0v) is 20.3. The van der Waals surface area contributed by atoms with Crippen LogP contribution in [0, 0.1) is 0 Å². The Balaban J connectivity index is 1.58. The summed E-state index contributed by atoms with van der Waals surface area (Å²) in [5, 5.41) is 6.68. The molecular formula is C22H19BrCl2N4O4. The number of hydrogen-bond acceptors (Lipinski definition) is 4. The normalized spacial score (nSPS) is 15.4. The molecule has 33 heavy (non-hydrogen) atoms. The summed E-state index contributed by atoms with van der Waals surface area (Å²) in [6, 6.07) is 11.5. The molecule has 172 valence electrons. The first kappa shape index (κ1) is 23.6. The molecule has 3 N–H and O–H groups in total. The van der Waals surface area contributed by atoms with E-state index in [1.54, 1.807) is 42.5 Å². The Kier molecular flexibility index (Phi) is 7.23. The number of nitrogens with zero attached hydrogens (tertiary/aromatic N) is 1. The number of carbonyl (C=O) groups is 3. The van der Waals surface area contributed by atoms with Crippen molar-refractivity contribution in [3.05, 3.63) is 62.7 Å². The third-order valence-electron chi connectivity index (χ3n) is 5.05. The van der Waals surface area contributed by atoms with E-state index in [1.807, 2.05) is 0 Å². The number of anilines is 1. The molecule has 1 saturated heterocycles. The zero-order chi connectivity index (χ0) is 23.5. The molecule has 11 heteroatoms. The van der Waals surface area contributed by atoms with Gasteiger partial charge in [-0.2, -0.15) is 0 Å². The Morgan fingerprint density at radius 1 is 1.06 bits per heavy atom. The Hall–Kier alpha value is -2.59. The van der Waals surface area contributed by atoms with Crippen LogP contribution in [0.5, 0.6) is 0 Å². The highest BCUT2D eigenvalue weighted by Crippen LogP contribution is 2.26. The molecule has 0 bridgehead atoms. The summed E-state index contributed by atoms with van der Waals surface area (Å²) in [5.74, 6) is -2.26. The lowest BCUT2D eigenvalue weighted by molar-refractivity contribution is -0.136. The van der Waals surface area contributed by atoms with Gasteiger partial charge in [-0.1, -0.05) is 39.1 Å². The van der Waals surface area contributed by atoms with Gasteiger partial charge in [-0.25, -0.2) is 4.68 Å². The molecule has 0 radical (unpaired) electrons. The highest BCUT2D eigenvalue weighted by Gasteiger charge is 2.23. The summed E-state index contributed by atoms with van der Waals surface area (Å²) in [7, 11) is 0. The highest BCUT2D eigenvalue weighted by atomic mass is 79.9. The van der Waals surface area contributed by atoms with Gasteiger partial charge in [-0.05, 0) is 55.3 Å². The van der Waals surface area contributed by atoms with Crippen molar-refractivity contribution in [2.75, 3.05) is 23.9 Å². The number of nitrogens with one attached hydrogen (secondary N) is 3. The number of rotatable bonds is 5. The molecule has 4 rings (SSSR count). The van der Waals surface area contributed by atoms with Gasteiger partial charge in [0.1, 0.15) is 5.69 Å². The van der Waals surface area contributed by atoms with Crippen molar-refractivity contribution in [2.45, 2.75) is 18.9 Å². The minimum atomic E-state index is -0.909. The number of hydrogen-bond donors (Lipinski definition) is 3. The highest BCUT2D eigenvalue weighted by molar-refractivity contribution is 9.10. The third kappa shape index (κ3) is 5.67. The minimum Gasteiger partial charge on any atom is -0.376 e. The van der Waals surface area contributed by atoms with Gasteiger partial charge in [0.25, 0.3) is 5.91 Å². The van der Waals surface area contributed by atoms with Gasteiger partial charge in [0, 0.05) is 38.7 Å². The Bertz CT molecular complexity index is 1220. The SMILES string of the molecule is O=C(NC[C@H]1CCCO1)C(=O)Nn1c(C(=O)Nc2cc(Cl)cc(Cl)c2)cc2cc(Br)ccc21. The number of fused-ring (bicyclic) bond motifs is 1. The van der Waals surface area contributed by atoms with E-state index in [0.29, 0.717) is 33.2 Å². The molecule has 0 spiro atoms. The van der Waals surface area contributed by atoms with Crippen LogP contribution in [-0.2, 0) is 14.3 Å². The summed E-state index contributed by atoms with van der Waals surface area (Å²) in [6.07, 6.45) is 1.66. The van der Waals surface area contributed by atoms with Gasteiger partial charge in [0.05, 0.1) is 11.6 Å². The van der Waals surface area contributed by atoms with Crippen molar-refractivity contribution in [2.24, 2.45) is 0 Å². The van der Waals surface area contributed by atoms with E-state index in [2.05, 4.69) is 32.0 Å². The molecule has 1 atom stereocenters. The fourth-order valence-electron chi connectivity index (χ4n) is 3.54. The Labute approximate surface area is 207 Å². The molecule has 1 aromatic heterocycles. The van der Waals surface area contributed by atoms with Crippen LogP contribution < -0.4 is 16.1 Å². The van der Waals surface area contributed by atoms with Gasteiger partial charge < -0.3 is 15.4 Å². The maximum atomic E-state index is 13.1. The van der Waals surface area contributed by atoms with Crippen LogP contribution in [0.1, 0.15) is 23.3 Å². The number of amides is 3. The van der Waals surface area contributed by atoms with E-state index in [1.165, 1.54) is 4.68 Å². The van der Waals surface area contributed by atoms with E-state index in [4.69, 9.17) is 27.9 Å². The van der Waals surface area contributed by atoms with E-state index < -0.39 is 17.7 Å². The first-order valence-electron chi connectivity index (χ1n) is 10.1. The Morgan fingerprint density at radius 3 is 2.52 bits per heavy atom. The van der Waals surface area contributed by atoms with Gasteiger partial charge in [0.2, 0.25) is 0 Å². The number of aromatic nitrogens is 1. The average Bonchev–Trinajstić information content (AvgIpc) is 3.39. The van der Waals surface area contributed by atoms with E-state index >= 15 is 0 Å². The summed E-state index contributed by atoms with van der Waals surface area (Å²) in [6.45, 7) is 0.891. The summed E-state index contributed by atoms with van der Waals surface area (Å²) < 4.78 is 7.52. The smallest absolute Gasteiger partial charge is 0.328 e.